The first-order chi connectivity index (χ1) is 11.1. The lowest BCUT2D eigenvalue weighted by Gasteiger charge is -2.26. The smallest absolute Gasteiger partial charge is 0.225 e. The Bertz CT molecular complexity index is 651. The van der Waals surface area contributed by atoms with Gasteiger partial charge in [0.2, 0.25) is 5.91 Å². The van der Waals surface area contributed by atoms with Crippen molar-refractivity contribution in [2.75, 3.05) is 6.54 Å². The minimum absolute atomic E-state index is 0.00418. The molecular weight excluding hydrogens is 290 g/mol. The average molecular weight is 313 g/mol. The summed E-state index contributed by atoms with van der Waals surface area (Å²) >= 11 is 0. The number of rotatable bonds is 4. The fourth-order valence-corrected chi connectivity index (χ4v) is 2.89. The van der Waals surface area contributed by atoms with Crippen LogP contribution in [0.15, 0.2) is 42.9 Å². The first-order valence-electron chi connectivity index (χ1n) is 8.07. The largest absolute Gasteiger partial charge is 0.370 e. The number of nitrogens with zero attached hydrogens (tertiary/aromatic N) is 3. The zero-order valence-electron chi connectivity index (χ0n) is 13.7. The summed E-state index contributed by atoms with van der Waals surface area (Å²) in [6.45, 7) is 6.44. The van der Waals surface area contributed by atoms with Crippen LogP contribution in [0, 0.1) is 5.92 Å². The van der Waals surface area contributed by atoms with Crippen molar-refractivity contribution in [1.82, 2.24) is 14.5 Å². The molecule has 5 nitrogen and oxygen atoms in total. The van der Waals surface area contributed by atoms with E-state index in [1.54, 1.807) is 6.20 Å². The van der Waals surface area contributed by atoms with Gasteiger partial charge in [-0.25, -0.2) is 0 Å². The van der Waals surface area contributed by atoms with Gasteiger partial charge in [0.15, 0.2) is 0 Å². The van der Waals surface area contributed by atoms with E-state index in [1.165, 1.54) is 0 Å². The molecule has 1 aliphatic heterocycles. The number of fused-ring (bicyclic) bond motifs is 1. The highest BCUT2D eigenvalue weighted by Crippen LogP contribution is 2.18. The van der Waals surface area contributed by atoms with Crippen LogP contribution in [-0.2, 0) is 29.2 Å². The van der Waals surface area contributed by atoms with Crippen molar-refractivity contribution in [3.05, 3.63) is 54.1 Å². The van der Waals surface area contributed by atoms with E-state index >= 15 is 0 Å². The van der Waals surface area contributed by atoms with E-state index in [4.69, 9.17) is 4.74 Å². The Morgan fingerprint density at radius 3 is 2.96 bits per heavy atom. The molecule has 1 atom stereocenters. The van der Waals surface area contributed by atoms with Crippen LogP contribution in [0.1, 0.15) is 25.1 Å². The molecule has 1 unspecified atom stereocenters. The first kappa shape index (κ1) is 15.7. The topological polar surface area (TPSA) is 47.4 Å². The van der Waals surface area contributed by atoms with Gasteiger partial charge in [0.25, 0.3) is 0 Å². The van der Waals surface area contributed by atoms with Gasteiger partial charge in [-0.3, -0.25) is 9.78 Å². The lowest BCUT2D eigenvalue weighted by Crippen LogP contribution is -2.39. The Morgan fingerprint density at radius 2 is 2.22 bits per heavy atom. The molecule has 0 N–H and O–H groups in total. The molecule has 0 aliphatic carbocycles. The maximum atomic E-state index is 12.5. The summed E-state index contributed by atoms with van der Waals surface area (Å²) in [5.74, 6) is 0.171. The zero-order chi connectivity index (χ0) is 16.2. The molecule has 3 rings (SSSR count). The lowest BCUT2D eigenvalue weighted by molar-refractivity contribution is -0.137. The Labute approximate surface area is 136 Å². The van der Waals surface area contributed by atoms with Gasteiger partial charge < -0.3 is 14.2 Å². The maximum absolute atomic E-state index is 12.5. The van der Waals surface area contributed by atoms with Crippen molar-refractivity contribution in [3.8, 4) is 0 Å². The lowest BCUT2D eigenvalue weighted by atomic mass is 10.1. The summed E-state index contributed by atoms with van der Waals surface area (Å²) in [5, 5.41) is 0. The molecule has 0 saturated carbocycles. The number of carbonyl (C=O) groups excluding carboxylic acids is 1. The molecule has 0 saturated heterocycles. The van der Waals surface area contributed by atoms with E-state index in [0.29, 0.717) is 19.7 Å². The van der Waals surface area contributed by atoms with E-state index < -0.39 is 0 Å². The number of pyridine rings is 1. The number of ether oxygens (including phenoxy) is 1. The molecule has 0 bridgehead atoms. The van der Waals surface area contributed by atoms with Crippen molar-refractivity contribution in [2.24, 2.45) is 5.92 Å². The van der Waals surface area contributed by atoms with Crippen molar-refractivity contribution in [1.29, 1.82) is 0 Å². The van der Waals surface area contributed by atoms with E-state index in [0.717, 1.165) is 17.8 Å². The molecule has 5 heteroatoms. The summed E-state index contributed by atoms with van der Waals surface area (Å²) in [7, 11) is 0. The molecule has 2 aromatic rings. The molecule has 0 aromatic carbocycles. The van der Waals surface area contributed by atoms with Crippen molar-refractivity contribution >= 4 is 5.91 Å². The second-order valence-corrected chi connectivity index (χ2v) is 6.32. The van der Waals surface area contributed by atoms with E-state index in [9.17, 15) is 4.79 Å². The monoisotopic (exact) mass is 313 g/mol. The fraction of sp³-hybridized carbons (Fsp3) is 0.444. The third-order valence-electron chi connectivity index (χ3n) is 4.11. The molecule has 1 aliphatic rings. The summed E-state index contributed by atoms with van der Waals surface area (Å²) in [4.78, 5) is 18.5. The maximum Gasteiger partial charge on any atom is 0.225 e. The Hall–Kier alpha value is -2.14. The third-order valence-corrected chi connectivity index (χ3v) is 4.11. The highest BCUT2D eigenvalue weighted by Gasteiger charge is 2.26. The predicted molar refractivity (Wildman–Crippen MR) is 87.5 cm³/mol. The predicted octanol–water partition coefficient (Wildman–Crippen LogP) is 2.47. The fourth-order valence-electron chi connectivity index (χ4n) is 2.89. The van der Waals surface area contributed by atoms with Gasteiger partial charge in [0.05, 0.1) is 25.8 Å². The quantitative estimate of drug-likeness (QED) is 0.871. The van der Waals surface area contributed by atoms with Crippen LogP contribution in [0.2, 0.25) is 0 Å². The standard InChI is InChI=1S/C18H23N3O2/c1-14(2)18(22)21-10-16-6-4-8-20(16)11-17(12-21)23-13-15-5-3-7-19-9-15/h3-9,14,17H,10-13H2,1-2H3. The van der Waals surface area contributed by atoms with Crippen LogP contribution in [0.5, 0.6) is 0 Å². The minimum Gasteiger partial charge on any atom is -0.370 e. The second kappa shape index (κ2) is 6.96. The third kappa shape index (κ3) is 3.79. The highest BCUT2D eigenvalue weighted by atomic mass is 16.5. The van der Waals surface area contributed by atoms with Crippen LogP contribution in [-0.4, -0.2) is 33.0 Å². The molecule has 0 spiro atoms. The van der Waals surface area contributed by atoms with Crippen LogP contribution in [0.25, 0.3) is 0 Å². The second-order valence-electron chi connectivity index (χ2n) is 6.32. The van der Waals surface area contributed by atoms with Gasteiger partial charge in [-0.1, -0.05) is 19.9 Å². The molecule has 3 heterocycles. The summed E-state index contributed by atoms with van der Waals surface area (Å²) in [6.07, 6.45) is 5.60. The van der Waals surface area contributed by atoms with Gasteiger partial charge in [-0.05, 0) is 23.8 Å². The number of amides is 1. The van der Waals surface area contributed by atoms with Crippen molar-refractivity contribution < 1.29 is 9.53 Å². The molecule has 23 heavy (non-hydrogen) atoms. The summed E-state index contributed by atoms with van der Waals surface area (Å²) in [6, 6.07) is 8.01. The number of hydrogen-bond acceptors (Lipinski definition) is 3. The number of aromatic nitrogens is 2. The van der Waals surface area contributed by atoms with Gasteiger partial charge in [0, 0.05) is 36.7 Å². The van der Waals surface area contributed by atoms with Crippen LogP contribution < -0.4 is 0 Å². The van der Waals surface area contributed by atoms with Crippen LogP contribution in [0.3, 0.4) is 0 Å². The van der Waals surface area contributed by atoms with Crippen molar-refractivity contribution in [2.45, 2.75) is 39.6 Å². The Kier molecular flexibility index (Phi) is 4.76. The number of carbonyl (C=O) groups is 1. The molecule has 122 valence electrons. The molecule has 0 fully saturated rings. The molecule has 2 aromatic heterocycles. The molecule has 1 amide bonds. The van der Waals surface area contributed by atoms with Gasteiger partial charge in [0.1, 0.15) is 0 Å². The summed E-state index contributed by atoms with van der Waals surface area (Å²) in [5.41, 5.74) is 2.21. The summed E-state index contributed by atoms with van der Waals surface area (Å²) < 4.78 is 8.26. The van der Waals surface area contributed by atoms with E-state index in [-0.39, 0.29) is 17.9 Å². The normalized spacial score (nSPS) is 17.9. The average Bonchev–Trinajstić information content (AvgIpc) is 2.91. The van der Waals surface area contributed by atoms with E-state index in [1.807, 2.05) is 43.1 Å². The molecule has 0 radical (unpaired) electrons. The SMILES string of the molecule is CC(C)C(=O)N1Cc2cccn2CC(OCc2cccnc2)C1. The van der Waals surface area contributed by atoms with Crippen LogP contribution in [0.4, 0.5) is 0 Å². The van der Waals surface area contributed by atoms with Crippen molar-refractivity contribution in [3.63, 3.8) is 0 Å². The number of hydrogen-bond donors (Lipinski definition) is 0. The van der Waals surface area contributed by atoms with Gasteiger partial charge in [-0.15, -0.1) is 0 Å². The highest BCUT2D eigenvalue weighted by molar-refractivity contribution is 5.78. The Balaban J connectivity index is 1.73. The van der Waals surface area contributed by atoms with Gasteiger partial charge >= 0.3 is 0 Å². The first-order valence-corrected chi connectivity index (χ1v) is 8.07. The minimum atomic E-state index is -0.0217. The van der Waals surface area contributed by atoms with Gasteiger partial charge in [-0.2, -0.15) is 0 Å². The molecular formula is C18H23N3O2. The Morgan fingerprint density at radius 1 is 1.35 bits per heavy atom. The zero-order valence-corrected chi connectivity index (χ0v) is 13.7. The van der Waals surface area contributed by atoms with Crippen LogP contribution >= 0.6 is 0 Å². The van der Waals surface area contributed by atoms with E-state index in [2.05, 4.69) is 21.8 Å².